The predicted molar refractivity (Wildman–Crippen MR) is 138 cm³/mol. The van der Waals surface area contributed by atoms with Gasteiger partial charge in [-0.25, -0.2) is 4.98 Å². The number of hydrogen-bond acceptors (Lipinski definition) is 12. The fourth-order valence-corrected chi connectivity index (χ4v) is 5.06. The zero-order chi connectivity index (χ0) is 29.1. The van der Waals surface area contributed by atoms with E-state index in [2.05, 4.69) is 20.0 Å². The fourth-order valence-electron chi connectivity index (χ4n) is 4.28. The van der Waals surface area contributed by atoms with Gasteiger partial charge in [-0.1, -0.05) is 23.3 Å². The van der Waals surface area contributed by atoms with Crippen molar-refractivity contribution in [2.24, 2.45) is 0 Å². The number of aryl methyl sites for hydroxylation is 1. The Labute approximate surface area is 229 Å². The van der Waals surface area contributed by atoms with Crippen molar-refractivity contribution in [1.82, 2.24) is 24.6 Å². The number of nitrogens with two attached hydrogens (primary N) is 1. The van der Waals surface area contributed by atoms with Gasteiger partial charge in [0.15, 0.2) is 23.2 Å². The van der Waals surface area contributed by atoms with E-state index in [1.54, 1.807) is 6.92 Å². The molecular weight excluding hydrogens is 550 g/mol. The van der Waals surface area contributed by atoms with E-state index in [-0.39, 0.29) is 23.6 Å². The second kappa shape index (κ2) is 12.6. The summed E-state index contributed by atoms with van der Waals surface area (Å²) in [6.07, 6.45) is -5.23. The number of aromatic nitrogens is 4. The molecule has 0 aliphatic carbocycles. The maximum absolute atomic E-state index is 13.7. The van der Waals surface area contributed by atoms with Gasteiger partial charge in [-0.3, -0.25) is 9.36 Å². The molecule has 4 rings (SSSR count). The highest BCUT2D eigenvalue weighted by atomic mass is 31.1. The number of rotatable bonds is 11. The van der Waals surface area contributed by atoms with Gasteiger partial charge >= 0.3 is 20.2 Å². The first-order valence-electron chi connectivity index (χ1n) is 12.4. The molecule has 3 heterocycles. The van der Waals surface area contributed by atoms with Gasteiger partial charge in [-0.05, 0) is 42.0 Å². The number of benzene rings is 1. The van der Waals surface area contributed by atoms with Crippen LogP contribution in [-0.2, 0) is 36.4 Å². The van der Waals surface area contributed by atoms with Crippen LogP contribution in [0, 0.1) is 13.0 Å². The first-order valence-corrected chi connectivity index (χ1v) is 13.6. The molecule has 6 N–H and O–H groups in total. The molecule has 7 unspecified atom stereocenters. The summed E-state index contributed by atoms with van der Waals surface area (Å²) in [6.45, 7) is 4.57. The lowest BCUT2D eigenvalue weighted by atomic mass is 10.0. The highest BCUT2D eigenvalue weighted by molar-refractivity contribution is 7.36. The Morgan fingerprint density at radius 1 is 1.30 bits per heavy atom. The molecule has 216 valence electrons. The Morgan fingerprint density at radius 3 is 2.77 bits per heavy atom. The van der Waals surface area contributed by atoms with Crippen LogP contribution in [0.3, 0.4) is 0 Å². The van der Waals surface area contributed by atoms with Crippen molar-refractivity contribution in [2.75, 3.05) is 12.3 Å². The van der Waals surface area contributed by atoms with E-state index >= 15 is 0 Å². The molecule has 7 atom stereocenters. The molecular formula is C24H31FN6O8P+. The maximum atomic E-state index is 13.7. The Kier molecular flexibility index (Phi) is 9.36. The number of fused-ring (bicyclic) bond motifs is 1. The minimum Gasteiger partial charge on any atom is -0.461 e. The van der Waals surface area contributed by atoms with E-state index in [0.717, 1.165) is 16.7 Å². The normalized spacial score (nSPS) is 22.8. The number of anilines is 1. The Hall–Kier alpha value is -3.17. The standard InChI is InChI=1S/C24H31FN6O8P/c1-11-4-5-14(7-15(11)8-32)6-12(2)38-23(35)13(3)30-40(36)37-9-16-18(33)19(34)22(39-16)31-10-27-17-20(26)28-24(25)29-21(17)31/h4-5,7,10,12-13,16,18-19,22,32-34H,6,8-9H2,1-3H3,(H,30,36)(H2,26,28,29)/q+1. The van der Waals surface area contributed by atoms with E-state index in [4.69, 9.17) is 19.7 Å². The minimum absolute atomic E-state index is 0.0478. The topological polar surface area (TPSA) is 204 Å². The smallest absolute Gasteiger partial charge is 0.461 e. The van der Waals surface area contributed by atoms with Gasteiger partial charge in [-0.2, -0.15) is 14.4 Å². The number of nitrogen functional groups attached to an aromatic ring is 1. The van der Waals surface area contributed by atoms with Crippen molar-refractivity contribution in [3.05, 3.63) is 47.3 Å². The molecule has 0 saturated carbocycles. The zero-order valence-electron chi connectivity index (χ0n) is 22.0. The highest BCUT2D eigenvalue weighted by Crippen LogP contribution is 2.33. The number of imidazole rings is 1. The van der Waals surface area contributed by atoms with E-state index in [9.17, 15) is 29.1 Å². The number of nitrogens with zero attached hydrogens (tertiary/aromatic N) is 4. The number of nitrogens with one attached hydrogen (secondary N) is 1. The van der Waals surface area contributed by atoms with Gasteiger partial charge in [0.25, 0.3) is 0 Å². The fraction of sp³-hybridized carbons (Fsp3) is 0.500. The van der Waals surface area contributed by atoms with E-state index in [1.165, 1.54) is 17.8 Å². The molecule has 2 aromatic heterocycles. The average Bonchev–Trinajstić information content (AvgIpc) is 3.44. The molecule has 40 heavy (non-hydrogen) atoms. The molecule has 16 heteroatoms. The van der Waals surface area contributed by atoms with Crippen molar-refractivity contribution >= 4 is 31.1 Å². The minimum atomic E-state index is -2.59. The summed E-state index contributed by atoms with van der Waals surface area (Å²) in [6, 6.07) is 4.64. The van der Waals surface area contributed by atoms with Gasteiger partial charge in [0.2, 0.25) is 0 Å². The van der Waals surface area contributed by atoms with Crippen LogP contribution in [0.2, 0.25) is 0 Å². The molecule has 0 radical (unpaired) electrons. The second-order valence-corrected chi connectivity index (χ2v) is 10.6. The van der Waals surface area contributed by atoms with Gasteiger partial charge < -0.3 is 30.5 Å². The summed E-state index contributed by atoms with van der Waals surface area (Å²) in [5.41, 5.74) is 8.34. The van der Waals surface area contributed by atoms with Crippen LogP contribution in [0.4, 0.5) is 10.2 Å². The van der Waals surface area contributed by atoms with Crippen LogP contribution in [0.5, 0.6) is 0 Å². The molecule has 1 aliphatic heterocycles. The summed E-state index contributed by atoms with van der Waals surface area (Å²) >= 11 is 0. The molecule has 14 nitrogen and oxygen atoms in total. The van der Waals surface area contributed by atoms with Crippen LogP contribution >= 0.6 is 8.18 Å². The number of hydrogen-bond donors (Lipinski definition) is 5. The molecule has 1 aromatic carbocycles. The number of esters is 1. The number of carbonyl (C=O) groups is 1. The van der Waals surface area contributed by atoms with Gasteiger partial charge in [0.05, 0.1) is 12.9 Å². The van der Waals surface area contributed by atoms with Crippen LogP contribution in [0.25, 0.3) is 11.2 Å². The first-order chi connectivity index (χ1) is 19.0. The maximum Gasteiger partial charge on any atom is 0.613 e. The quantitative estimate of drug-likeness (QED) is 0.121. The van der Waals surface area contributed by atoms with Crippen LogP contribution < -0.4 is 10.8 Å². The molecule has 0 bridgehead atoms. The van der Waals surface area contributed by atoms with Crippen LogP contribution in [0.1, 0.15) is 36.8 Å². The summed E-state index contributed by atoms with van der Waals surface area (Å²) in [4.78, 5) is 23.5. The Morgan fingerprint density at radius 2 is 2.05 bits per heavy atom. The van der Waals surface area contributed by atoms with Crippen molar-refractivity contribution in [2.45, 2.75) is 70.5 Å². The van der Waals surface area contributed by atoms with E-state index < -0.39 is 63.5 Å². The second-order valence-electron chi connectivity index (χ2n) is 9.52. The average molecular weight is 582 g/mol. The Balaban J connectivity index is 1.27. The first kappa shape index (κ1) is 29.8. The largest absolute Gasteiger partial charge is 0.613 e. The number of halogens is 1. The number of aliphatic hydroxyl groups excluding tert-OH is 3. The van der Waals surface area contributed by atoms with Gasteiger partial charge in [0.1, 0.15) is 37.1 Å². The molecule has 3 aromatic rings. The molecule has 0 amide bonds. The van der Waals surface area contributed by atoms with E-state index in [1.807, 2.05) is 25.1 Å². The monoisotopic (exact) mass is 581 g/mol. The Bertz CT molecular complexity index is 1390. The van der Waals surface area contributed by atoms with Crippen molar-refractivity contribution in [3.63, 3.8) is 0 Å². The van der Waals surface area contributed by atoms with Gasteiger partial charge in [0, 0.05) is 6.42 Å². The lowest BCUT2D eigenvalue weighted by Gasteiger charge is -2.16. The summed E-state index contributed by atoms with van der Waals surface area (Å²) in [5, 5.41) is 32.9. The van der Waals surface area contributed by atoms with Gasteiger partial charge in [-0.15, -0.1) is 4.52 Å². The molecule has 1 fully saturated rings. The lowest BCUT2D eigenvalue weighted by molar-refractivity contribution is -0.149. The molecule has 1 aliphatic rings. The van der Waals surface area contributed by atoms with Crippen LogP contribution in [-0.4, -0.2) is 77.9 Å². The molecule has 1 saturated heterocycles. The summed E-state index contributed by atoms with van der Waals surface area (Å²) in [5.74, 6) is -0.854. The summed E-state index contributed by atoms with van der Waals surface area (Å²) in [7, 11) is -2.59. The number of aliphatic hydroxyl groups is 3. The van der Waals surface area contributed by atoms with E-state index in [0.29, 0.717) is 6.42 Å². The van der Waals surface area contributed by atoms with Crippen LogP contribution in [0.15, 0.2) is 24.5 Å². The number of carbonyl (C=O) groups excluding carboxylic acids is 1. The third-order valence-corrected chi connectivity index (χ3v) is 7.45. The lowest BCUT2D eigenvalue weighted by Crippen LogP contribution is -2.35. The zero-order valence-corrected chi connectivity index (χ0v) is 22.9. The van der Waals surface area contributed by atoms with Crippen molar-refractivity contribution in [1.29, 1.82) is 0 Å². The van der Waals surface area contributed by atoms with Crippen molar-refractivity contribution < 1.29 is 43.1 Å². The molecule has 0 spiro atoms. The third kappa shape index (κ3) is 6.58. The predicted octanol–water partition coefficient (Wildman–Crippen LogP) is 0.794. The van der Waals surface area contributed by atoms with Crippen molar-refractivity contribution in [3.8, 4) is 0 Å². The summed E-state index contributed by atoms with van der Waals surface area (Å²) < 4.78 is 43.6. The SMILES string of the molecule is Cc1ccc(CC(C)OC(=O)C(C)N[P+](=O)OCC2OC(n3cnc4c(N)nc(F)nc43)C(O)C2O)cc1CO. The number of ether oxygens (including phenoxy) is 2. The highest BCUT2D eigenvalue weighted by Gasteiger charge is 2.46. The third-order valence-electron chi connectivity index (χ3n) is 6.47.